The van der Waals surface area contributed by atoms with E-state index in [1.807, 2.05) is 0 Å². The third-order valence-corrected chi connectivity index (χ3v) is 1.89. The van der Waals surface area contributed by atoms with E-state index in [1.165, 1.54) is 5.01 Å². The lowest BCUT2D eigenvalue weighted by atomic mass is 10.1. The fourth-order valence-electron chi connectivity index (χ4n) is 1.27. The Labute approximate surface area is 92.2 Å². The Balaban J connectivity index is 2.85. The number of guanidine groups is 1. The molecule has 0 radical (unpaired) electrons. The number of benzene rings is 1. The van der Waals surface area contributed by atoms with Gasteiger partial charge in [-0.3, -0.25) is 10.8 Å². The molecule has 0 heterocycles. The van der Waals surface area contributed by atoms with E-state index >= 15 is 0 Å². The van der Waals surface area contributed by atoms with Crippen molar-refractivity contribution in [1.29, 1.82) is 5.41 Å². The molecule has 16 heavy (non-hydrogen) atoms. The summed E-state index contributed by atoms with van der Waals surface area (Å²) in [7, 11) is 1.59. The molecular formula is C9H14N4O3. The van der Waals surface area contributed by atoms with Gasteiger partial charge >= 0.3 is 0 Å². The highest BCUT2D eigenvalue weighted by Crippen LogP contribution is 2.32. The highest BCUT2D eigenvalue weighted by molar-refractivity contribution is 5.73. The van der Waals surface area contributed by atoms with Crippen molar-refractivity contribution in [3.63, 3.8) is 0 Å². The van der Waals surface area contributed by atoms with Crippen molar-refractivity contribution < 1.29 is 15.3 Å². The number of nitrogens with one attached hydrogen (secondary N) is 2. The number of hydrogen-bond donors (Lipinski definition) is 6. The average Bonchev–Trinajstić information content (AvgIpc) is 2.09. The van der Waals surface area contributed by atoms with Crippen LogP contribution in [0.25, 0.3) is 0 Å². The van der Waals surface area contributed by atoms with Crippen molar-refractivity contribution in [2.24, 2.45) is 5.73 Å². The van der Waals surface area contributed by atoms with Gasteiger partial charge in [-0.2, -0.15) is 0 Å². The number of rotatable bonds is 3. The third kappa shape index (κ3) is 2.92. The van der Waals surface area contributed by atoms with E-state index in [0.717, 1.165) is 12.1 Å². The second-order valence-electron chi connectivity index (χ2n) is 3.34. The highest BCUT2D eigenvalue weighted by atomic mass is 16.3. The predicted octanol–water partition coefficient (Wildman–Crippen LogP) is -0.367. The lowest BCUT2D eigenvalue weighted by Crippen LogP contribution is -2.42. The van der Waals surface area contributed by atoms with E-state index in [-0.39, 0.29) is 35.3 Å². The number of nitrogens with zero attached hydrogens (tertiary/aromatic N) is 1. The van der Waals surface area contributed by atoms with Crippen LogP contribution in [0.4, 0.5) is 0 Å². The second kappa shape index (κ2) is 4.58. The molecule has 88 valence electrons. The molecule has 0 aliphatic rings. The van der Waals surface area contributed by atoms with Gasteiger partial charge in [-0.15, -0.1) is 0 Å². The molecular weight excluding hydrogens is 212 g/mol. The Morgan fingerprint density at radius 3 is 2.31 bits per heavy atom. The molecule has 1 aromatic carbocycles. The molecule has 0 saturated heterocycles. The van der Waals surface area contributed by atoms with Gasteiger partial charge in [-0.1, -0.05) is 0 Å². The summed E-state index contributed by atoms with van der Waals surface area (Å²) in [4.78, 5) is 0. The van der Waals surface area contributed by atoms with Crippen molar-refractivity contribution >= 4 is 5.96 Å². The molecule has 0 aliphatic carbocycles. The topological polar surface area (TPSA) is 126 Å². The summed E-state index contributed by atoms with van der Waals surface area (Å²) in [6.45, 7) is 0.123. The van der Waals surface area contributed by atoms with E-state index in [1.54, 1.807) is 7.05 Å². The first-order valence-corrected chi connectivity index (χ1v) is 4.45. The number of phenolic OH excluding ortho intramolecular Hbond substituents is 3. The van der Waals surface area contributed by atoms with Gasteiger partial charge in [-0.05, 0) is 0 Å². The molecule has 0 fully saturated rings. The summed E-state index contributed by atoms with van der Waals surface area (Å²) in [6.07, 6.45) is 0. The molecule has 0 spiro atoms. The molecule has 0 saturated carbocycles. The molecule has 7 N–H and O–H groups in total. The van der Waals surface area contributed by atoms with Crippen LogP contribution in [0.3, 0.4) is 0 Å². The minimum atomic E-state index is -0.250. The van der Waals surface area contributed by atoms with Gasteiger partial charge < -0.3 is 21.1 Å². The maximum atomic E-state index is 9.50. The Hall–Kier alpha value is -2.15. The zero-order valence-corrected chi connectivity index (χ0v) is 8.73. The summed E-state index contributed by atoms with van der Waals surface area (Å²) in [6, 6.07) is 2.24. The number of phenols is 3. The molecule has 0 aromatic heterocycles. The van der Waals surface area contributed by atoms with Crippen LogP contribution in [0.15, 0.2) is 12.1 Å². The van der Waals surface area contributed by atoms with E-state index in [0.29, 0.717) is 0 Å². The van der Waals surface area contributed by atoms with Gasteiger partial charge in [0.2, 0.25) is 5.96 Å². The molecule has 0 unspecified atom stereocenters. The zero-order valence-electron chi connectivity index (χ0n) is 8.73. The van der Waals surface area contributed by atoms with Crippen LogP contribution in [-0.2, 0) is 6.54 Å². The van der Waals surface area contributed by atoms with Gasteiger partial charge in [0.15, 0.2) is 0 Å². The van der Waals surface area contributed by atoms with Crippen LogP contribution in [0.5, 0.6) is 17.2 Å². The summed E-state index contributed by atoms with van der Waals surface area (Å²) in [5.74, 6) is -0.925. The minimum absolute atomic E-state index is 0.123. The first kappa shape index (κ1) is 11.9. The second-order valence-corrected chi connectivity index (χ2v) is 3.34. The predicted molar refractivity (Wildman–Crippen MR) is 58.0 cm³/mol. The van der Waals surface area contributed by atoms with Crippen molar-refractivity contribution in [3.8, 4) is 17.2 Å². The van der Waals surface area contributed by atoms with Crippen LogP contribution in [0.2, 0.25) is 0 Å². The fourth-order valence-corrected chi connectivity index (χ4v) is 1.27. The van der Waals surface area contributed by atoms with E-state index in [4.69, 9.17) is 16.2 Å². The number of nitrogens with two attached hydrogens (primary N) is 1. The number of hydrazine groups is 1. The SMILES string of the molecule is CN(Cc1c(O)cc(O)cc1O)NC(=N)N. The van der Waals surface area contributed by atoms with Gasteiger partial charge in [0.1, 0.15) is 17.2 Å². The Morgan fingerprint density at radius 2 is 1.88 bits per heavy atom. The molecule has 0 aliphatic heterocycles. The van der Waals surface area contributed by atoms with Crippen LogP contribution in [-0.4, -0.2) is 33.3 Å². The van der Waals surface area contributed by atoms with Gasteiger partial charge in [-0.25, -0.2) is 5.01 Å². The lowest BCUT2D eigenvalue weighted by Gasteiger charge is -2.19. The molecule has 1 aromatic rings. The molecule has 7 heteroatoms. The Kier molecular flexibility index (Phi) is 3.41. The standard InChI is InChI=1S/C9H14N4O3/c1-13(12-9(10)11)4-6-7(15)2-5(14)3-8(6)16/h2-3,14-16H,4H2,1H3,(H4,10,11,12). The van der Waals surface area contributed by atoms with Gasteiger partial charge in [0.25, 0.3) is 0 Å². The Morgan fingerprint density at radius 1 is 1.38 bits per heavy atom. The van der Waals surface area contributed by atoms with Crippen molar-refractivity contribution in [3.05, 3.63) is 17.7 Å². The summed E-state index contributed by atoms with van der Waals surface area (Å²) >= 11 is 0. The molecule has 1 rings (SSSR count). The quantitative estimate of drug-likeness (QED) is 0.237. The molecule has 0 atom stereocenters. The third-order valence-electron chi connectivity index (χ3n) is 1.89. The van der Waals surface area contributed by atoms with E-state index in [2.05, 4.69) is 5.43 Å². The van der Waals surface area contributed by atoms with Crippen LogP contribution < -0.4 is 11.2 Å². The first-order valence-electron chi connectivity index (χ1n) is 4.45. The molecule has 0 bridgehead atoms. The number of hydrogen-bond acceptors (Lipinski definition) is 5. The fraction of sp³-hybridized carbons (Fsp3) is 0.222. The maximum Gasteiger partial charge on any atom is 0.200 e. The van der Waals surface area contributed by atoms with Crippen molar-refractivity contribution in [1.82, 2.24) is 10.4 Å². The average molecular weight is 226 g/mol. The zero-order chi connectivity index (χ0) is 12.3. The number of aromatic hydroxyl groups is 3. The molecule has 0 amide bonds. The minimum Gasteiger partial charge on any atom is -0.508 e. The molecule has 7 nitrogen and oxygen atoms in total. The maximum absolute atomic E-state index is 9.50. The van der Waals surface area contributed by atoms with E-state index in [9.17, 15) is 10.2 Å². The lowest BCUT2D eigenvalue weighted by molar-refractivity contribution is 0.271. The first-order chi connectivity index (χ1) is 7.40. The van der Waals surface area contributed by atoms with Crippen LogP contribution in [0.1, 0.15) is 5.56 Å². The summed E-state index contributed by atoms with van der Waals surface area (Å²) < 4.78 is 0. The summed E-state index contributed by atoms with van der Waals surface area (Å²) in [5, 5.41) is 36.5. The van der Waals surface area contributed by atoms with Gasteiger partial charge in [0, 0.05) is 19.2 Å². The Bertz CT molecular complexity index is 385. The highest BCUT2D eigenvalue weighted by Gasteiger charge is 2.12. The van der Waals surface area contributed by atoms with E-state index < -0.39 is 0 Å². The summed E-state index contributed by atoms with van der Waals surface area (Å²) in [5.41, 5.74) is 7.81. The largest absolute Gasteiger partial charge is 0.508 e. The van der Waals surface area contributed by atoms with Gasteiger partial charge in [0.05, 0.1) is 12.1 Å². The normalized spacial score (nSPS) is 10.4. The van der Waals surface area contributed by atoms with Crippen molar-refractivity contribution in [2.75, 3.05) is 7.05 Å². The van der Waals surface area contributed by atoms with Crippen LogP contribution >= 0.6 is 0 Å². The van der Waals surface area contributed by atoms with Crippen LogP contribution in [0, 0.1) is 5.41 Å². The smallest absolute Gasteiger partial charge is 0.200 e. The van der Waals surface area contributed by atoms with Crippen molar-refractivity contribution in [2.45, 2.75) is 6.54 Å². The monoisotopic (exact) mass is 226 g/mol.